The third-order valence-electron chi connectivity index (χ3n) is 6.28. The summed E-state index contributed by atoms with van der Waals surface area (Å²) in [6.45, 7) is 6.11. The Morgan fingerprint density at radius 1 is 1.04 bits per heavy atom. The maximum atomic E-state index is 13.5. The first-order valence-corrected chi connectivity index (χ1v) is 13.4. The molecule has 5 rings (SSSR count). The predicted molar refractivity (Wildman–Crippen MR) is 148 cm³/mol. The molecule has 0 aliphatic carbocycles. The Morgan fingerprint density at radius 2 is 1.76 bits per heavy atom. The Balaban J connectivity index is 1.57. The second-order valence-electron chi connectivity index (χ2n) is 10.9. The van der Waals surface area contributed by atoms with Gasteiger partial charge in [0, 0.05) is 35.5 Å². The summed E-state index contributed by atoms with van der Waals surface area (Å²) in [4.78, 5) is 41.0. The highest BCUT2D eigenvalue weighted by atomic mass is 19.4. The summed E-state index contributed by atoms with van der Waals surface area (Å²) in [7, 11) is 0. The van der Waals surface area contributed by atoms with Crippen LogP contribution in [0.5, 0.6) is 17.2 Å². The molecule has 0 unspecified atom stereocenters. The van der Waals surface area contributed by atoms with Crippen LogP contribution in [0.4, 0.5) is 27.6 Å². The van der Waals surface area contributed by atoms with Gasteiger partial charge in [-0.1, -0.05) is 12.1 Å². The lowest BCUT2D eigenvalue weighted by molar-refractivity contribution is -0.286. The van der Waals surface area contributed by atoms with E-state index in [9.17, 15) is 36.3 Å². The number of amides is 2. The molecule has 45 heavy (non-hydrogen) atoms. The number of anilines is 1. The van der Waals surface area contributed by atoms with Crippen molar-refractivity contribution in [3.8, 4) is 28.5 Å². The molecule has 0 atom stereocenters. The molecule has 1 aliphatic rings. The summed E-state index contributed by atoms with van der Waals surface area (Å²) < 4.78 is 85.2. The Kier molecular flexibility index (Phi) is 7.71. The van der Waals surface area contributed by atoms with Crippen LogP contribution in [0.3, 0.4) is 0 Å². The number of benzene rings is 2. The van der Waals surface area contributed by atoms with Crippen molar-refractivity contribution in [2.24, 2.45) is 0 Å². The van der Waals surface area contributed by atoms with Gasteiger partial charge in [-0.25, -0.2) is 4.68 Å². The van der Waals surface area contributed by atoms with Crippen molar-refractivity contribution < 1.29 is 50.2 Å². The van der Waals surface area contributed by atoms with Crippen molar-refractivity contribution in [1.82, 2.24) is 15.1 Å². The van der Waals surface area contributed by atoms with E-state index in [2.05, 4.69) is 24.6 Å². The number of hydrogen-bond acceptors (Lipinski definition) is 8. The number of carbonyl (C=O) groups excluding carboxylic acids is 2. The average Bonchev–Trinajstić information content (AvgIpc) is 3.49. The fourth-order valence-corrected chi connectivity index (χ4v) is 4.55. The number of ether oxygens (including phenoxy) is 3. The first-order chi connectivity index (χ1) is 20.9. The minimum Gasteiger partial charge on any atom is -0.448 e. The summed E-state index contributed by atoms with van der Waals surface area (Å²) >= 11 is 0. The van der Waals surface area contributed by atoms with E-state index in [0.717, 1.165) is 22.9 Å². The number of nitrogens with zero attached hydrogens (tertiary/aromatic N) is 3. The number of likely N-dealkylation sites (N-methyl/N-ethyl adjacent to an activating group) is 1. The van der Waals surface area contributed by atoms with Gasteiger partial charge in [0.05, 0.1) is 5.39 Å². The van der Waals surface area contributed by atoms with E-state index < -0.39 is 47.9 Å². The maximum absolute atomic E-state index is 13.5. The molecular weight excluding hydrogens is 611 g/mol. The fraction of sp³-hybridized carbons (Fsp3) is 0.310. The number of alkyl halides is 5. The van der Waals surface area contributed by atoms with Gasteiger partial charge in [0.25, 0.3) is 11.5 Å². The lowest BCUT2D eigenvalue weighted by Crippen LogP contribution is -2.40. The minimum atomic E-state index is -5.00. The number of hydrogen-bond donors (Lipinski definition) is 1. The van der Waals surface area contributed by atoms with Gasteiger partial charge in [0.1, 0.15) is 18.0 Å². The molecule has 2 amide bonds. The quantitative estimate of drug-likeness (QED) is 0.265. The molecule has 0 bridgehead atoms. The van der Waals surface area contributed by atoms with Crippen molar-refractivity contribution in [3.63, 3.8) is 0 Å². The number of aromatic nitrogens is 2. The molecule has 0 radical (unpaired) electrons. The number of furan rings is 1. The average molecular weight is 637 g/mol. The molecule has 0 saturated carbocycles. The van der Waals surface area contributed by atoms with E-state index in [1.807, 2.05) is 0 Å². The van der Waals surface area contributed by atoms with E-state index in [1.54, 1.807) is 27.7 Å². The Hall–Kier alpha value is -5.15. The molecule has 2 aromatic heterocycles. The zero-order valence-electron chi connectivity index (χ0n) is 24.1. The van der Waals surface area contributed by atoms with Crippen molar-refractivity contribution >= 4 is 28.5 Å². The van der Waals surface area contributed by atoms with Crippen LogP contribution in [0.1, 0.15) is 38.2 Å². The molecule has 4 aromatic rings. The van der Waals surface area contributed by atoms with Gasteiger partial charge in [-0.15, -0.1) is 22.0 Å². The van der Waals surface area contributed by atoms with Crippen molar-refractivity contribution in [2.45, 2.75) is 52.4 Å². The molecule has 238 valence electrons. The number of carbonyl (C=O) groups is 2. The van der Waals surface area contributed by atoms with Crippen LogP contribution >= 0.6 is 0 Å². The van der Waals surface area contributed by atoms with E-state index in [1.165, 1.54) is 35.2 Å². The van der Waals surface area contributed by atoms with Crippen LogP contribution in [0.25, 0.3) is 22.2 Å². The van der Waals surface area contributed by atoms with Crippen LogP contribution in [0, 0.1) is 0 Å². The minimum absolute atomic E-state index is 0.0177. The van der Waals surface area contributed by atoms with Crippen molar-refractivity contribution in [2.75, 3.05) is 11.4 Å². The Labute approximate surface area is 251 Å². The molecule has 3 heterocycles. The monoisotopic (exact) mass is 636 g/mol. The van der Waals surface area contributed by atoms with Gasteiger partial charge in [0.15, 0.2) is 22.8 Å². The van der Waals surface area contributed by atoms with Crippen LogP contribution in [-0.4, -0.2) is 46.3 Å². The lowest BCUT2D eigenvalue weighted by Gasteiger charge is -2.21. The highest BCUT2D eigenvalue weighted by Gasteiger charge is 2.43. The smallest absolute Gasteiger partial charge is 0.448 e. The molecule has 1 N–H and O–H groups in total. The molecule has 2 aromatic carbocycles. The summed E-state index contributed by atoms with van der Waals surface area (Å²) in [5.41, 5.74) is -1.72. The van der Waals surface area contributed by atoms with Crippen LogP contribution in [-0.2, 0) is 11.3 Å². The topological polar surface area (TPSA) is 125 Å². The molecule has 0 saturated heterocycles. The maximum Gasteiger partial charge on any atom is 0.586 e. The summed E-state index contributed by atoms with van der Waals surface area (Å²) in [6.07, 6.45) is -8.87. The standard InChI is InChI=1S/C29H25F5N4O7/c1-5-37(16-9-10-19-20(12-16)45-29(33,34)44-19)22(39)14-38-26(41)18-13-21(25(40)35-27(2,3)4)42-24(18)23(36-38)15-7-6-8-17(11-15)43-28(30,31)32/h6-13H,5,14H2,1-4H3,(H,35,40). The van der Waals surface area contributed by atoms with E-state index in [0.29, 0.717) is 0 Å². The Bertz CT molecular complexity index is 1860. The van der Waals surface area contributed by atoms with Crippen molar-refractivity contribution in [1.29, 1.82) is 0 Å². The van der Waals surface area contributed by atoms with Gasteiger partial charge in [0.2, 0.25) is 5.91 Å². The molecule has 0 fully saturated rings. The van der Waals surface area contributed by atoms with Gasteiger partial charge < -0.3 is 28.8 Å². The van der Waals surface area contributed by atoms with Crippen LogP contribution < -0.4 is 30.0 Å². The normalized spacial score (nSPS) is 14.0. The number of nitrogens with one attached hydrogen (secondary N) is 1. The molecular formula is C29H25F5N4O7. The van der Waals surface area contributed by atoms with Crippen molar-refractivity contribution in [3.05, 3.63) is 64.6 Å². The van der Waals surface area contributed by atoms with Gasteiger partial charge in [-0.3, -0.25) is 14.4 Å². The van der Waals surface area contributed by atoms with E-state index >= 15 is 0 Å². The number of fused-ring (bicyclic) bond motifs is 2. The second-order valence-corrected chi connectivity index (χ2v) is 10.9. The SMILES string of the molecule is CCN(C(=O)Cn1nc(-c2cccc(OC(F)(F)F)c2)c2oc(C(=O)NC(C)(C)C)cc2c1=O)c1ccc2c(c1)OC(F)(F)O2. The Morgan fingerprint density at radius 3 is 2.42 bits per heavy atom. The summed E-state index contributed by atoms with van der Waals surface area (Å²) in [5.74, 6) is -2.78. The van der Waals surface area contributed by atoms with E-state index in [-0.39, 0.29) is 51.7 Å². The zero-order valence-corrected chi connectivity index (χ0v) is 24.1. The first kappa shape index (κ1) is 31.3. The third kappa shape index (κ3) is 6.84. The summed E-state index contributed by atoms with van der Waals surface area (Å²) in [5, 5.41) is 6.74. The largest absolute Gasteiger partial charge is 0.586 e. The van der Waals surface area contributed by atoms with Gasteiger partial charge >= 0.3 is 12.7 Å². The van der Waals surface area contributed by atoms with E-state index in [4.69, 9.17) is 4.42 Å². The van der Waals surface area contributed by atoms with Gasteiger partial charge in [-0.2, -0.15) is 5.10 Å². The van der Waals surface area contributed by atoms with Crippen LogP contribution in [0.2, 0.25) is 0 Å². The zero-order chi connectivity index (χ0) is 32.9. The molecule has 1 aliphatic heterocycles. The second kappa shape index (κ2) is 11.1. The number of rotatable bonds is 7. The molecule has 16 heteroatoms. The number of halogens is 5. The van der Waals surface area contributed by atoms with Crippen LogP contribution in [0.15, 0.2) is 57.7 Å². The van der Waals surface area contributed by atoms with Gasteiger partial charge in [-0.05, 0) is 52.0 Å². The molecule has 0 spiro atoms. The first-order valence-electron chi connectivity index (χ1n) is 13.4. The lowest BCUT2D eigenvalue weighted by atomic mass is 10.1. The highest BCUT2D eigenvalue weighted by molar-refractivity contribution is 5.99. The highest BCUT2D eigenvalue weighted by Crippen LogP contribution is 2.43. The summed E-state index contributed by atoms with van der Waals surface area (Å²) in [6, 6.07) is 9.55. The third-order valence-corrected chi connectivity index (χ3v) is 6.28. The predicted octanol–water partition coefficient (Wildman–Crippen LogP) is 5.46. The fourth-order valence-electron chi connectivity index (χ4n) is 4.55. The molecule has 11 nitrogen and oxygen atoms in total.